The maximum Gasteiger partial charge on any atom is 0.339 e. The number of hydrogen-bond donors (Lipinski definition) is 1. The van der Waals surface area contributed by atoms with Gasteiger partial charge in [0.1, 0.15) is 6.07 Å². The highest BCUT2D eigenvalue weighted by atomic mass is 16.6. The summed E-state index contributed by atoms with van der Waals surface area (Å²) in [7, 11) is 1.13. The quantitative estimate of drug-likeness (QED) is 0.468. The number of methoxy groups -OCH3 is 1. The van der Waals surface area contributed by atoms with Gasteiger partial charge in [-0.3, -0.25) is 10.1 Å². The number of nitrogens with two attached hydrogens (primary N) is 1. The maximum atomic E-state index is 11.3. The standard InChI is InChI=1S/C10H9N3O4/c1-17-10(14)8-3-9(13(15)16)7(5-12)2-6(8)4-11/h2-3H,5,12H2,1H3. The van der Waals surface area contributed by atoms with Gasteiger partial charge in [0, 0.05) is 18.2 Å². The van der Waals surface area contributed by atoms with Crippen molar-refractivity contribution in [2.75, 3.05) is 7.11 Å². The van der Waals surface area contributed by atoms with E-state index in [1.54, 1.807) is 6.07 Å². The Hall–Kier alpha value is -2.46. The topological polar surface area (TPSA) is 119 Å². The van der Waals surface area contributed by atoms with Crippen LogP contribution in [0.25, 0.3) is 0 Å². The Balaban J connectivity index is 3.51. The zero-order valence-electron chi connectivity index (χ0n) is 8.97. The van der Waals surface area contributed by atoms with E-state index in [1.807, 2.05) is 0 Å². The fourth-order valence-electron chi connectivity index (χ4n) is 1.34. The largest absolute Gasteiger partial charge is 0.465 e. The van der Waals surface area contributed by atoms with E-state index in [0.29, 0.717) is 0 Å². The van der Waals surface area contributed by atoms with E-state index in [1.165, 1.54) is 6.07 Å². The molecule has 88 valence electrons. The molecule has 0 aliphatic carbocycles. The van der Waals surface area contributed by atoms with Gasteiger partial charge in [0.15, 0.2) is 0 Å². The van der Waals surface area contributed by atoms with Crippen LogP contribution in [-0.2, 0) is 11.3 Å². The lowest BCUT2D eigenvalue weighted by atomic mass is 10.0. The molecular formula is C10H9N3O4. The van der Waals surface area contributed by atoms with Crippen LogP contribution in [0.4, 0.5) is 5.69 Å². The van der Waals surface area contributed by atoms with Gasteiger partial charge < -0.3 is 10.5 Å². The number of nitro benzene ring substituents is 1. The number of esters is 1. The summed E-state index contributed by atoms with van der Waals surface area (Å²) in [4.78, 5) is 21.4. The van der Waals surface area contributed by atoms with Crippen LogP contribution >= 0.6 is 0 Å². The van der Waals surface area contributed by atoms with Crippen LogP contribution in [0.2, 0.25) is 0 Å². The van der Waals surface area contributed by atoms with E-state index in [0.717, 1.165) is 13.2 Å². The van der Waals surface area contributed by atoms with Crippen LogP contribution in [0, 0.1) is 21.4 Å². The maximum absolute atomic E-state index is 11.3. The molecule has 2 N–H and O–H groups in total. The Morgan fingerprint density at radius 3 is 2.71 bits per heavy atom. The van der Waals surface area contributed by atoms with Crippen molar-refractivity contribution in [3.63, 3.8) is 0 Å². The van der Waals surface area contributed by atoms with Crippen molar-refractivity contribution >= 4 is 11.7 Å². The van der Waals surface area contributed by atoms with Crippen molar-refractivity contribution in [2.45, 2.75) is 6.54 Å². The molecule has 0 bridgehead atoms. The molecule has 0 saturated carbocycles. The molecule has 0 unspecified atom stereocenters. The number of benzene rings is 1. The van der Waals surface area contributed by atoms with Crippen molar-refractivity contribution in [1.29, 1.82) is 5.26 Å². The monoisotopic (exact) mass is 235 g/mol. The average molecular weight is 235 g/mol. The van der Waals surface area contributed by atoms with E-state index in [-0.39, 0.29) is 28.9 Å². The molecule has 1 aromatic carbocycles. The van der Waals surface area contributed by atoms with E-state index in [2.05, 4.69) is 4.74 Å². The molecule has 1 rings (SSSR count). The number of ether oxygens (including phenoxy) is 1. The fourth-order valence-corrected chi connectivity index (χ4v) is 1.34. The number of nitro groups is 1. The zero-order valence-corrected chi connectivity index (χ0v) is 8.97. The Bertz CT molecular complexity index is 519. The van der Waals surface area contributed by atoms with E-state index < -0.39 is 10.9 Å². The average Bonchev–Trinajstić information content (AvgIpc) is 2.35. The second-order valence-electron chi connectivity index (χ2n) is 3.09. The summed E-state index contributed by atoms with van der Waals surface area (Å²) < 4.78 is 4.44. The van der Waals surface area contributed by atoms with Crippen molar-refractivity contribution in [3.8, 4) is 6.07 Å². The lowest BCUT2D eigenvalue weighted by Crippen LogP contribution is -2.09. The predicted octanol–water partition coefficient (Wildman–Crippen LogP) is 0.712. The van der Waals surface area contributed by atoms with Crippen LogP contribution in [0.15, 0.2) is 12.1 Å². The summed E-state index contributed by atoms with van der Waals surface area (Å²) in [6.07, 6.45) is 0. The van der Waals surface area contributed by atoms with E-state index in [9.17, 15) is 14.9 Å². The number of nitrogens with zero attached hydrogens (tertiary/aromatic N) is 2. The molecule has 0 aliphatic rings. The molecule has 0 fully saturated rings. The minimum Gasteiger partial charge on any atom is -0.465 e. The third-order valence-corrected chi connectivity index (χ3v) is 2.16. The summed E-state index contributed by atoms with van der Waals surface area (Å²) in [6.45, 7) is -0.0908. The van der Waals surface area contributed by atoms with Gasteiger partial charge >= 0.3 is 5.97 Å². The molecule has 1 aromatic rings. The molecule has 0 amide bonds. The highest BCUT2D eigenvalue weighted by Gasteiger charge is 2.21. The third kappa shape index (κ3) is 2.38. The highest BCUT2D eigenvalue weighted by Crippen LogP contribution is 2.23. The molecule has 0 heterocycles. The molecular weight excluding hydrogens is 226 g/mol. The van der Waals surface area contributed by atoms with Gasteiger partial charge in [-0.25, -0.2) is 4.79 Å². The fraction of sp³-hybridized carbons (Fsp3) is 0.200. The summed E-state index contributed by atoms with van der Waals surface area (Å²) in [5.74, 6) is -0.798. The van der Waals surface area contributed by atoms with E-state index in [4.69, 9.17) is 11.0 Å². The van der Waals surface area contributed by atoms with Crippen molar-refractivity contribution in [2.24, 2.45) is 5.73 Å². The summed E-state index contributed by atoms with van der Waals surface area (Å²) >= 11 is 0. The van der Waals surface area contributed by atoms with Gasteiger partial charge in [-0.2, -0.15) is 5.26 Å². The van der Waals surface area contributed by atoms with Gasteiger partial charge in [0.05, 0.1) is 23.2 Å². The third-order valence-electron chi connectivity index (χ3n) is 2.16. The molecule has 0 atom stereocenters. The lowest BCUT2D eigenvalue weighted by Gasteiger charge is -2.05. The van der Waals surface area contributed by atoms with Crippen LogP contribution in [-0.4, -0.2) is 18.0 Å². The first-order chi connectivity index (χ1) is 8.04. The number of hydrogen-bond acceptors (Lipinski definition) is 6. The zero-order chi connectivity index (χ0) is 13.0. The minimum atomic E-state index is -0.798. The SMILES string of the molecule is COC(=O)c1cc([N+](=O)[O-])c(CN)cc1C#N. The van der Waals surface area contributed by atoms with Crippen LogP contribution in [0.5, 0.6) is 0 Å². The first kappa shape index (κ1) is 12.6. The molecule has 0 aliphatic heterocycles. The Morgan fingerprint density at radius 1 is 1.65 bits per heavy atom. The number of carbonyl (C=O) groups excluding carboxylic acids is 1. The van der Waals surface area contributed by atoms with Crippen molar-refractivity contribution in [1.82, 2.24) is 0 Å². The van der Waals surface area contributed by atoms with Crippen molar-refractivity contribution < 1.29 is 14.5 Å². The normalized spacial score (nSPS) is 9.47. The number of nitriles is 1. The van der Waals surface area contributed by atoms with Crippen LogP contribution in [0.3, 0.4) is 0 Å². The van der Waals surface area contributed by atoms with Gasteiger partial charge in [-0.1, -0.05) is 0 Å². The number of rotatable bonds is 3. The van der Waals surface area contributed by atoms with Gasteiger partial charge in [0.2, 0.25) is 0 Å². The van der Waals surface area contributed by atoms with E-state index >= 15 is 0 Å². The molecule has 7 heteroatoms. The Kier molecular flexibility index (Phi) is 3.74. The predicted molar refractivity (Wildman–Crippen MR) is 57.0 cm³/mol. The van der Waals surface area contributed by atoms with Gasteiger partial charge in [0.25, 0.3) is 5.69 Å². The second kappa shape index (κ2) is 5.05. The van der Waals surface area contributed by atoms with Crippen molar-refractivity contribution in [3.05, 3.63) is 38.9 Å². The molecule has 0 spiro atoms. The number of carbonyl (C=O) groups is 1. The van der Waals surface area contributed by atoms with Crippen LogP contribution < -0.4 is 5.73 Å². The molecule has 0 radical (unpaired) electrons. The lowest BCUT2D eigenvalue weighted by molar-refractivity contribution is -0.385. The summed E-state index contributed by atoms with van der Waals surface area (Å²) in [6, 6.07) is 4.01. The first-order valence-corrected chi connectivity index (χ1v) is 4.55. The molecule has 17 heavy (non-hydrogen) atoms. The summed E-state index contributed by atoms with van der Waals surface area (Å²) in [5, 5.41) is 19.6. The highest BCUT2D eigenvalue weighted by molar-refractivity contribution is 5.93. The minimum absolute atomic E-state index is 0.00269. The molecule has 0 aromatic heterocycles. The molecule has 0 saturated heterocycles. The smallest absolute Gasteiger partial charge is 0.339 e. The summed E-state index contributed by atoms with van der Waals surface area (Å²) in [5.41, 5.74) is 5.10. The first-order valence-electron chi connectivity index (χ1n) is 4.55. The Labute approximate surface area is 96.6 Å². The second-order valence-corrected chi connectivity index (χ2v) is 3.09. The molecule has 7 nitrogen and oxygen atoms in total. The Morgan fingerprint density at radius 2 is 2.29 bits per heavy atom. The van der Waals surface area contributed by atoms with Gasteiger partial charge in [-0.05, 0) is 6.07 Å². The van der Waals surface area contributed by atoms with Gasteiger partial charge in [-0.15, -0.1) is 0 Å². The van der Waals surface area contributed by atoms with Crippen LogP contribution in [0.1, 0.15) is 21.5 Å².